The summed E-state index contributed by atoms with van der Waals surface area (Å²) in [5.41, 5.74) is 4.37. The molecule has 3 aromatic carbocycles. The Morgan fingerprint density at radius 1 is 0.875 bits per heavy atom. The molecule has 0 saturated carbocycles. The minimum atomic E-state index is 0.596. The van der Waals surface area contributed by atoms with Crippen molar-refractivity contribution in [1.82, 2.24) is 4.90 Å². The van der Waals surface area contributed by atoms with Gasteiger partial charge in [-0.2, -0.15) is 0 Å². The van der Waals surface area contributed by atoms with Gasteiger partial charge in [0, 0.05) is 32.9 Å². The third-order valence-electron chi connectivity index (χ3n) is 5.07. The van der Waals surface area contributed by atoms with Crippen LogP contribution in [0.2, 0.25) is 0 Å². The van der Waals surface area contributed by atoms with E-state index < -0.39 is 0 Å². The van der Waals surface area contributed by atoms with Crippen LogP contribution in [0.3, 0.4) is 0 Å². The maximum atomic E-state index is 5.84. The summed E-state index contributed by atoms with van der Waals surface area (Å²) in [6.45, 7) is 3.92. The minimum Gasteiger partial charge on any atom is -0.497 e. The molecule has 0 heterocycles. The largest absolute Gasteiger partial charge is 0.497 e. The van der Waals surface area contributed by atoms with Crippen LogP contribution in [0.4, 0.5) is 11.4 Å². The van der Waals surface area contributed by atoms with Crippen LogP contribution >= 0.6 is 12.2 Å². The van der Waals surface area contributed by atoms with Gasteiger partial charge in [0.1, 0.15) is 11.5 Å². The monoisotopic (exact) mass is 449 g/mol. The molecule has 32 heavy (non-hydrogen) atoms. The molecule has 0 radical (unpaired) electrons. The fraction of sp³-hybridized carbons (Fsp3) is 0.269. The lowest BCUT2D eigenvalue weighted by molar-refractivity contribution is 0.342. The summed E-state index contributed by atoms with van der Waals surface area (Å²) in [5.74, 6) is 1.63. The van der Waals surface area contributed by atoms with Crippen molar-refractivity contribution in [2.24, 2.45) is 0 Å². The number of hydrogen-bond donors (Lipinski definition) is 1. The SMILES string of the molecule is CCOc1ccccc1NC(=S)N(Cc1ccc(OC)cc1)Cc1ccc(N(C)C)cc1. The Kier molecular flexibility index (Phi) is 8.34. The van der Waals surface area contributed by atoms with Crippen molar-refractivity contribution in [2.75, 3.05) is 38.0 Å². The minimum absolute atomic E-state index is 0.596. The molecule has 0 amide bonds. The second-order valence-electron chi connectivity index (χ2n) is 7.62. The van der Waals surface area contributed by atoms with E-state index in [-0.39, 0.29) is 0 Å². The zero-order valence-electron chi connectivity index (χ0n) is 19.2. The van der Waals surface area contributed by atoms with Gasteiger partial charge in [-0.3, -0.25) is 0 Å². The van der Waals surface area contributed by atoms with E-state index in [9.17, 15) is 0 Å². The van der Waals surface area contributed by atoms with Crippen LogP contribution in [-0.2, 0) is 13.1 Å². The van der Waals surface area contributed by atoms with Gasteiger partial charge in [0.15, 0.2) is 5.11 Å². The molecular weight excluding hydrogens is 418 g/mol. The van der Waals surface area contributed by atoms with Crippen molar-refractivity contribution in [3.8, 4) is 11.5 Å². The van der Waals surface area contributed by atoms with E-state index in [2.05, 4.69) is 51.5 Å². The highest BCUT2D eigenvalue weighted by Crippen LogP contribution is 2.25. The molecule has 0 atom stereocenters. The Balaban J connectivity index is 1.82. The van der Waals surface area contributed by atoms with Crippen LogP contribution in [0.5, 0.6) is 11.5 Å². The van der Waals surface area contributed by atoms with Gasteiger partial charge in [-0.05, 0) is 66.7 Å². The average Bonchev–Trinajstić information content (AvgIpc) is 2.81. The molecule has 6 heteroatoms. The summed E-state index contributed by atoms with van der Waals surface area (Å²) in [4.78, 5) is 4.25. The molecule has 0 unspecified atom stereocenters. The summed E-state index contributed by atoms with van der Waals surface area (Å²) in [6, 6.07) is 24.5. The molecule has 0 saturated heterocycles. The lowest BCUT2D eigenvalue weighted by Gasteiger charge is -2.27. The molecule has 0 bridgehead atoms. The van der Waals surface area contributed by atoms with E-state index in [1.165, 1.54) is 11.3 Å². The second-order valence-corrected chi connectivity index (χ2v) is 8.01. The molecule has 0 aliphatic rings. The van der Waals surface area contributed by atoms with E-state index in [1.54, 1.807) is 7.11 Å². The summed E-state index contributed by atoms with van der Waals surface area (Å²) in [7, 11) is 5.76. The quantitative estimate of drug-likeness (QED) is 0.431. The standard InChI is InChI=1S/C26H31N3O2S/c1-5-31-25-9-7-6-8-24(25)27-26(32)29(19-21-12-16-23(30-4)17-13-21)18-20-10-14-22(15-11-20)28(2)3/h6-17H,5,18-19H2,1-4H3,(H,27,32). The number of para-hydroxylation sites is 2. The Bertz CT molecular complexity index is 1000. The first-order valence-electron chi connectivity index (χ1n) is 10.7. The number of hydrogen-bond acceptors (Lipinski definition) is 4. The highest BCUT2D eigenvalue weighted by Gasteiger charge is 2.14. The molecule has 168 valence electrons. The van der Waals surface area contributed by atoms with Crippen LogP contribution in [-0.4, -0.2) is 37.8 Å². The number of methoxy groups -OCH3 is 1. The summed E-state index contributed by atoms with van der Waals surface area (Å²) < 4.78 is 11.0. The first kappa shape index (κ1) is 23.4. The lowest BCUT2D eigenvalue weighted by atomic mass is 10.1. The lowest BCUT2D eigenvalue weighted by Crippen LogP contribution is -2.34. The number of ether oxygens (including phenoxy) is 2. The molecule has 0 fully saturated rings. The summed E-state index contributed by atoms with van der Waals surface area (Å²) in [5, 5.41) is 4.03. The highest BCUT2D eigenvalue weighted by atomic mass is 32.1. The van der Waals surface area contributed by atoms with Crippen molar-refractivity contribution in [1.29, 1.82) is 0 Å². The molecule has 1 N–H and O–H groups in total. The van der Waals surface area contributed by atoms with Crippen molar-refractivity contribution in [2.45, 2.75) is 20.0 Å². The fourth-order valence-electron chi connectivity index (χ4n) is 3.32. The van der Waals surface area contributed by atoms with Crippen LogP contribution in [0, 0.1) is 0 Å². The Morgan fingerprint density at radius 2 is 1.47 bits per heavy atom. The fourth-order valence-corrected chi connectivity index (χ4v) is 3.56. The first-order valence-corrected chi connectivity index (χ1v) is 11.1. The van der Waals surface area contributed by atoms with Gasteiger partial charge in [0.05, 0.1) is 19.4 Å². The molecular formula is C26H31N3O2S. The van der Waals surface area contributed by atoms with Crippen LogP contribution in [0.25, 0.3) is 0 Å². The normalized spacial score (nSPS) is 10.4. The molecule has 0 aliphatic heterocycles. The second kappa shape index (κ2) is 11.4. The van der Waals surface area contributed by atoms with Gasteiger partial charge in [0.25, 0.3) is 0 Å². The van der Waals surface area contributed by atoms with Crippen LogP contribution < -0.4 is 19.7 Å². The summed E-state index contributed by atoms with van der Waals surface area (Å²) >= 11 is 5.84. The number of nitrogens with zero attached hydrogens (tertiary/aromatic N) is 2. The van der Waals surface area contributed by atoms with Crippen LogP contribution in [0.15, 0.2) is 72.8 Å². The molecule has 3 rings (SSSR count). The van der Waals surface area contributed by atoms with Gasteiger partial charge >= 0.3 is 0 Å². The van der Waals surface area contributed by atoms with Gasteiger partial charge in [-0.1, -0.05) is 36.4 Å². The molecule has 0 spiro atoms. The zero-order chi connectivity index (χ0) is 22.9. The number of nitrogens with one attached hydrogen (secondary N) is 1. The summed E-state index contributed by atoms with van der Waals surface area (Å²) in [6.07, 6.45) is 0. The zero-order valence-corrected chi connectivity index (χ0v) is 20.0. The number of benzene rings is 3. The van der Waals surface area contributed by atoms with Crippen molar-refractivity contribution < 1.29 is 9.47 Å². The Hall–Kier alpha value is -3.25. The van der Waals surface area contributed by atoms with Crippen molar-refractivity contribution >= 4 is 28.7 Å². The molecule has 0 aliphatic carbocycles. The van der Waals surface area contributed by atoms with E-state index in [4.69, 9.17) is 21.7 Å². The Morgan fingerprint density at radius 3 is 2.03 bits per heavy atom. The van der Waals surface area contributed by atoms with E-state index >= 15 is 0 Å². The molecule has 3 aromatic rings. The third-order valence-corrected chi connectivity index (χ3v) is 5.43. The van der Waals surface area contributed by atoms with Crippen molar-refractivity contribution in [3.63, 3.8) is 0 Å². The third kappa shape index (κ3) is 6.37. The van der Waals surface area contributed by atoms with Gasteiger partial charge in [0.2, 0.25) is 0 Å². The highest BCUT2D eigenvalue weighted by molar-refractivity contribution is 7.80. The van der Waals surface area contributed by atoms with E-state index in [0.29, 0.717) is 24.8 Å². The topological polar surface area (TPSA) is 37.0 Å². The first-order chi connectivity index (χ1) is 15.5. The smallest absolute Gasteiger partial charge is 0.174 e. The van der Waals surface area contributed by atoms with Gasteiger partial charge < -0.3 is 24.6 Å². The van der Waals surface area contributed by atoms with E-state index in [0.717, 1.165) is 22.7 Å². The number of anilines is 2. The van der Waals surface area contributed by atoms with E-state index in [1.807, 2.05) is 57.4 Å². The predicted molar refractivity (Wildman–Crippen MR) is 137 cm³/mol. The van der Waals surface area contributed by atoms with Crippen molar-refractivity contribution in [3.05, 3.63) is 83.9 Å². The predicted octanol–water partition coefficient (Wildman–Crippen LogP) is 5.56. The number of thiocarbonyl (C=S) groups is 1. The Labute approximate surface area is 196 Å². The maximum Gasteiger partial charge on any atom is 0.174 e. The molecule has 0 aromatic heterocycles. The number of rotatable bonds is 9. The average molecular weight is 450 g/mol. The maximum absolute atomic E-state index is 5.84. The van der Waals surface area contributed by atoms with Gasteiger partial charge in [-0.25, -0.2) is 0 Å². The van der Waals surface area contributed by atoms with Gasteiger partial charge in [-0.15, -0.1) is 0 Å². The van der Waals surface area contributed by atoms with Crippen LogP contribution in [0.1, 0.15) is 18.1 Å². The molecule has 5 nitrogen and oxygen atoms in total.